The van der Waals surface area contributed by atoms with Crippen molar-refractivity contribution in [2.24, 2.45) is 0 Å². The van der Waals surface area contributed by atoms with Crippen LogP contribution in [0.1, 0.15) is 165 Å². The summed E-state index contributed by atoms with van der Waals surface area (Å²) in [4.78, 5) is 0. The Bertz CT molecular complexity index is 1910. The van der Waals surface area contributed by atoms with E-state index in [1.807, 2.05) is 0 Å². The minimum atomic E-state index is -0.613. The summed E-state index contributed by atoms with van der Waals surface area (Å²) in [6, 6.07) is 28.8. The van der Waals surface area contributed by atoms with Gasteiger partial charge in [0.1, 0.15) is 0 Å². The van der Waals surface area contributed by atoms with Gasteiger partial charge in [-0.25, -0.2) is 0 Å². The van der Waals surface area contributed by atoms with Gasteiger partial charge in [-0.3, -0.25) is 0 Å². The van der Waals surface area contributed by atoms with Crippen LogP contribution < -0.4 is 10.9 Å². The van der Waals surface area contributed by atoms with Gasteiger partial charge in [-0.2, -0.15) is 0 Å². The van der Waals surface area contributed by atoms with Crippen molar-refractivity contribution in [1.29, 1.82) is 0 Å². The van der Waals surface area contributed by atoms with Crippen LogP contribution in [0.15, 0.2) is 72.8 Å². The van der Waals surface area contributed by atoms with Crippen LogP contribution in [0.2, 0.25) is 0 Å². The molecule has 0 bridgehead atoms. The van der Waals surface area contributed by atoms with Crippen molar-refractivity contribution in [3.8, 4) is 11.1 Å². The quantitative estimate of drug-likeness (QED) is 0.0833. The summed E-state index contributed by atoms with van der Waals surface area (Å²) < 4.78 is 27.0. The van der Waals surface area contributed by atoms with Crippen molar-refractivity contribution in [3.63, 3.8) is 0 Å². The molecule has 4 aromatic carbocycles. The highest BCUT2D eigenvalue weighted by Crippen LogP contribution is 2.56. The summed E-state index contributed by atoms with van der Waals surface area (Å²) in [5.41, 5.74) is 12.8. The van der Waals surface area contributed by atoms with Gasteiger partial charge in [0.25, 0.3) is 0 Å². The van der Waals surface area contributed by atoms with Crippen molar-refractivity contribution in [2.45, 2.75) is 175 Å². The fraction of sp³-hybridized carbons (Fsp3) is 0.529. The zero-order chi connectivity index (χ0) is 41.0. The molecule has 0 unspecified atom stereocenters. The molecule has 4 aromatic rings. The normalized spacial score (nSPS) is 19.6. The Morgan fingerprint density at radius 2 is 0.807 bits per heavy atom. The van der Waals surface area contributed by atoms with Crippen LogP contribution in [-0.4, -0.2) is 36.6 Å². The Labute approximate surface area is 346 Å². The first-order chi connectivity index (χ1) is 26.9. The third-order valence-corrected chi connectivity index (χ3v) is 14.0. The smallest absolute Gasteiger partial charge is 0.399 e. The number of fused-ring (bicyclic) bond motifs is 3. The van der Waals surface area contributed by atoms with Crippen LogP contribution in [0.25, 0.3) is 11.1 Å². The fourth-order valence-corrected chi connectivity index (χ4v) is 9.36. The molecule has 2 saturated heterocycles. The highest BCUT2D eigenvalue weighted by atomic mass is 16.7. The van der Waals surface area contributed by atoms with Gasteiger partial charge < -0.3 is 18.6 Å². The number of unbranched alkanes of at least 4 members (excludes halogenated alkanes) is 6. The van der Waals surface area contributed by atoms with E-state index in [4.69, 9.17) is 18.6 Å². The maximum absolute atomic E-state index is 6.74. The second-order valence-electron chi connectivity index (χ2n) is 19.6. The number of benzene rings is 4. The van der Waals surface area contributed by atoms with Gasteiger partial charge in [-0.1, -0.05) is 136 Å². The first kappa shape index (κ1) is 42.0. The van der Waals surface area contributed by atoms with Crippen molar-refractivity contribution >= 4 is 25.2 Å². The van der Waals surface area contributed by atoms with E-state index >= 15 is 0 Å². The maximum Gasteiger partial charge on any atom is 0.494 e. The lowest BCUT2D eigenvalue weighted by Crippen LogP contribution is -2.41. The number of aryl methyl sites for hydroxylation is 4. The lowest BCUT2D eigenvalue weighted by molar-refractivity contribution is 0.00578. The van der Waals surface area contributed by atoms with E-state index in [2.05, 4.69) is 156 Å². The molecule has 6 heteroatoms. The molecule has 0 aromatic heterocycles. The molecule has 57 heavy (non-hydrogen) atoms. The summed E-state index contributed by atoms with van der Waals surface area (Å²) in [6.45, 7) is 26.3. The lowest BCUT2D eigenvalue weighted by Gasteiger charge is -2.36. The van der Waals surface area contributed by atoms with E-state index in [9.17, 15) is 0 Å². The topological polar surface area (TPSA) is 36.9 Å². The fourth-order valence-electron chi connectivity index (χ4n) is 9.36. The molecule has 0 amide bonds. The summed E-state index contributed by atoms with van der Waals surface area (Å²) >= 11 is 0. The van der Waals surface area contributed by atoms with Crippen molar-refractivity contribution in [2.75, 3.05) is 0 Å². The van der Waals surface area contributed by atoms with E-state index < -0.39 is 42.1 Å². The molecular formula is C51H68B2O4. The van der Waals surface area contributed by atoms with E-state index in [0.717, 1.165) is 23.8 Å². The van der Waals surface area contributed by atoms with E-state index in [1.165, 1.54) is 107 Å². The molecule has 4 nitrogen and oxygen atoms in total. The Morgan fingerprint density at radius 3 is 1.16 bits per heavy atom. The first-order valence-electron chi connectivity index (χ1n) is 22.1. The van der Waals surface area contributed by atoms with Gasteiger partial charge in [-0.15, -0.1) is 0 Å². The molecule has 2 fully saturated rings. The molecule has 2 heterocycles. The summed E-state index contributed by atoms with van der Waals surface area (Å²) in [6.07, 6.45) is 12.1. The summed E-state index contributed by atoms with van der Waals surface area (Å²) in [5, 5.41) is 0. The number of hydrogen-bond acceptors (Lipinski definition) is 4. The Kier molecular flexibility index (Phi) is 11.6. The minimum absolute atomic E-state index is 0.444. The number of hydrogen-bond donors (Lipinski definition) is 0. The van der Waals surface area contributed by atoms with E-state index in [1.54, 1.807) is 0 Å². The molecule has 1 aliphatic carbocycles. The summed E-state index contributed by atoms with van der Waals surface area (Å²) in [5.74, 6) is 0. The zero-order valence-electron chi connectivity index (χ0n) is 37.3. The first-order valence-corrected chi connectivity index (χ1v) is 22.1. The van der Waals surface area contributed by atoms with Gasteiger partial charge in [0.2, 0.25) is 0 Å². The highest BCUT2D eigenvalue weighted by Gasteiger charge is 2.55. The molecular weight excluding hydrogens is 698 g/mol. The molecule has 3 aliphatic rings. The van der Waals surface area contributed by atoms with E-state index in [0.29, 0.717) is 0 Å². The van der Waals surface area contributed by atoms with Gasteiger partial charge in [0.05, 0.1) is 27.8 Å². The van der Waals surface area contributed by atoms with Gasteiger partial charge in [0.15, 0.2) is 0 Å². The Balaban J connectivity index is 1.50. The molecule has 0 spiro atoms. The zero-order valence-corrected chi connectivity index (χ0v) is 37.3. The minimum Gasteiger partial charge on any atom is -0.399 e. The van der Waals surface area contributed by atoms with E-state index in [-0.39, 0.29) is 0 Å². The van der Waals surface area contributed by atoms with Crippen LogP contribution in [0, 0.1) is 13.8 Å². The van der Waals surface area contributed by atoms with Crippen LogP contribution >= 0.6 is 0 Å². The van der Waals surface area contributed by atoms with Gasteiger partial charge in [0, 0.05) is 0 Å². The van der Waals surface area contributed by atoms with Crippen LogP contribution in [-0.2, 0) is 36.9 Å². The standard InChI is InChI=1S/C51H68B2O4/c1-13-15-17-19-21-37-27-35(3)29-39(31-37)51(40-30-36(4)28-38(32-40)22-20-18-16-14-2)45-33-41(52-54-47(5,6)48(7,8)55-52)23-25-43(45)44-26-24-42(34-46(44)51)53-56-49(9,10)50(11,12)57-53/h23-34H,13-22H2,1-12H3. The largest absolute Gasteiger partial charge is 0.494 e. The maximum atomic E-state index is 6.74. The summed E-state index contributed by atoms with van der Waals surface area (Å²) in [7, 11) is -0.944. The third-order valence-electron chi connectivity index (χ3n) is 14.0. The van der Waals surface area contributed by atoms with Crippen molar-refractivity contribution < 1.29 is 18.6 Å². The number of rotatable bonds is 14. The molecule has 2 aliphatic heterocycles. The molecule has 0 radical (unpaired) electrons. The SMILES string of the molecule is CCCCCCc1cc(C)cc(C2(c3cc(C)cc(CCCCCC)c3)c3cc(B4OC(C)(C)C(C)(C)O4)ccc3-c3ccc(B4OC(C)(C)C(C)(C)O4)cc32)c1. The van der Waals surface area contributed by atoms with Crippen LogP contribution in [0.5, 0.6) is 0 Å². The third kappa shape index (κ3) is 7.74. The van der Waals surface area contributed by atoms with Gasteiger partial charge in [-0.05, 0) is 150 Å². The average Bonchev–Trinajstić information content (AvgIpc) is 3.65. The molecule has 0 atom stereocenters. The van der Waals surface area contributed by atoms with Gasteiger partial charge >= 0.3 is 14.2 Å². The molecule has 0 saturated carbocycles. The monoisotopic (exact) mass is 767 g/mol. The Morgan fingerprint density at radius 1 is 0.439 bits per heavy atom. The van der Waals surface area contributed by atoms with Crippen molar-refractivity contribution in [3.05, 3.63) is 117 Å². The molecule has 302 valence electrons. The van der Waals surface area contributed by atoms with Crippen molar-refractivity contribution in [1.82, 2.24) is 0 Å². The predicted octanol–water partition coefficient (Wildman–Crippen LogP) is 11.5. The second kappa shape index (κ2) is 15.8. The Hall–Kier alpha value is -3.15. The highest BCUT2D eigenvalue weighted by molar-refractivity contribution is 6.62. The van der Waals surface area contributed by atoms with Crippen LogP contribution in [0.4, 0.5) is 0 Å². The molecule has 0 N–H and O–H groups in total. The molecule has 7 rings (SSSR count). The average molecular weight is 767 g/mol. The lowest BCUT2D eigenvalue weighted by atomic mass is 9.64. The van der Waals surface area contributed by atoms with Crippen LogP contribution in [0.3, 0.4) is 0 Å². The second-order valence-corrected chi connectivity index (χ2v) is 19.6. The predicted molar refractivity (Wildman–Crippen MR) is 240 cm³/mol.